The molecule has 1 fully saturated rings. The zero-order valence-corrected chi connectivity index (χ0v) is 16.0. The highest BCUT2D eigenvalue weighted by atomic mass is 16.5. The molecule has 1 saturated heterocycles. The lowest BCUT2D eigenvalue weighted by molar-refractivity contribution is 0.00515. The molecule has 0 spiro atoms. The number of ether oxygens (including phenoxy) is 3. The van der Waals surface area contributed by atoms with E-state index in [4.69, 9.17) is 14.2 Å². The Kier molecular flexibility index (Phi) is 6.07. The number of benzene rings is 1. The lowest BCUT2D eigenvalue weighted by Gasteiger charge is -2.35. The fourth-order valence-corrected chi connectivity index (χ4v) is 4.07. The van der Waals surface area contributed by atoms with Crippen LogP contribution in [-0.4, -0.2) is 54.5 Å². The van der Waals surface area contributed by atoms with Crippen LogP contribution in [0.15, 0.2) is 36.8 Å². The Morgan fingerprint density at radius 1 is 1.19 bits per heavy atom. The molecule has 1 aromatic carbocycles. The van der Waals surface area contributed by atoms with Gasteiger partial charge in [-0.2, -0.15) is 0 Å². The zero-order chi connectivity index (χ0) is 18.5. The van der Waals surface area contributed by atoms with Gasteiger partial charge in [-0.05, 0) is 24.8 Å². The summed E-state index contributed by atoms with van der Waals surface area (Å²) in [5, 5.41) is 0. The summed E-state index contributed by atoms with van der Waals surface area (Å²) in [7, 11) is 1.73. The van der Waals surface area contributed by atoms with Gasteiger partial charge in [-0.15, -0.1) is 0 Å². The number of para-hydroxylation sites is 1. The number of methoxy groups -OCH3 is 1. The smallest absolute Gasteiger partial charge is 0.123 e. The summed E-state index contributed by atoms with van der Waals surface area (Å²) in [5.74, 6) is 1.58. The molecule has 0 N–H and O–H groups in total. The van der Waals surface area contributed by atoms with Crippen molar-refractivity contribution in [2.24, 2.45) is 5.92 Å². The number of hydrogen-bond acceptors (Lipinski definition) is 5. The van der Waals surface area contributed by atoms with Crippen molar-refractivity contribution in [2.75, 3.05) is 40.1 Å². The lowest BCUT2D eigenvalue weighted by atomic mass is 10.0. The van der Waals surface area contributed by atoms with Crippen molar-refractivity contribution >= 4 is 0 Å². The average Bonchev–Trinajstić information content (AvgIpc) is 3.18. The zero-order valence-electron chi connectivity index (χ0n) is 16.0. The van der Waals surface area contributed by atoms with Crippen LogP contribution in [0, 0.1) is 5.92 Å². The first kappa shape index (κ1) is 18.5. The molecular weight excluding hydrogens is 342 g/mol. The predicted molar refractivity (Wildman–Crippen MR) is 103 cm³/mol. The number of nitrogens with zero attached hydrogens (tertiary/aromatic N) is 3. The third-order valence-corrected chi connectivity index (χ3v) is 5.59. The Balaban J connectivity index is 1.38. The van der Waals surface area contributed by atoms with Crippen molar-refractivity contribution in [2.45, 2.75) is 32.0 Å². The van der Waals surface area contributed by atoms with E-state index >= 15 is 0 Å². The third-order valence-electron chi connectivity index (χ3n) is 5.59. The summed E-state index contributed by atoms with van der Waals surface area (Å²) < 4.78 is 19.4. The first-order chi connectivity index (χ1) is 13.3. The van der Waals surface area contributed by atoms with Gasteiger partial charge >= 0.3 is 0 Å². The van der Waals surface area contributed by atoms with Crippen molar-refractivity contribution in [1.82, 2.24) is 14.5 Å². The number of imidazole rings is 1. The molecule has 27 heavy (non-hydrogen) atoms. The van der Waals surface area contributed by atoms with Gasteiger partial charge in [-0.1, -0.05) is 18.2 Å². The molecule has 0 saturated carbocycles. The summed E-state index contributed by atoms with van der Waals surface area (Å²) in [4.78, 5) is 6.82. The minimum absolute atomic E-state index is 0.297. The predicted octanol–water partition coefficient (Wildman–Crippen LogP) is 2.89. The fourth-order valence-electron chi connectivity index (χ4n) is 4.07. The summed E-state index contributed by atoms with van der Waals surface area (Å²) in [5.41, 5.74) is 2.46. The number of hydrogen-bond donors (Lipinski definition) is 0. The van der Waals surface area contributed by atoms with Gasteiger partial charge in [0.05, 0.1) is 31.8 Å². The van der Waals surface area contributed by atoms with Crippen LogP contribution in [0.25, 0.3) is 0 Å². The van der Waals surface area contributed by atoms with Crippen molar-refractivity contribution in [3.63, 3.8) is 0 Å². The van der Waals surface area contributed by atoms with Gasteiger partial charge in [0.2, 0.25) is 0 Å². The molecule has 146 valence electrons. The Bertz CT molecular complexity index is 727. The molecule has 6 heteroatoms. The van der Waals surface area contributed by atoms with Gasteiger partial charge in [0.15, 0.2) is 0 Å². The Morgan fingerprint density at radius 2 is 2.04 bits per heavy atom. The molecule has 0 amide bonds. The Morgan fingerprint density at radius 3 is 2.89 bits per heavy atom. The van der Waals surface area contributed by atoms with Crippen LogP contribution in [0.3, 0.4) is 0 Å². The van der Waals surface area contributed by atoms with Crippen LogP contribution in [0.1, 0.15) is 30.1 Å². The quantitative estimate of drug-likeness (QED) is 0.749. The van der Waals surface area contributed by atoms with E-state index in [-0.39, 0.29) is 0 Å². The molecule has 4 rings (SSSR count). The Labute approximate surface area is 161 Å². The summed E-state index contributed by atoms with van der Waals surface area (Å²) in [6.45, 7) is 6.01. The van der Waals surface area contributed by atoms with E-state index in [9.17, 15) is 0 Å². The molecule has 0 radical (unpaired) electrons. The maximum absolute atomic E-state index is 6.13. The lowest BCUT2D eigenvalue weighted by Crippen LogP contribution is -2.38. The largest absolute Gasteiger partial charge is 0.496 e. The van der Waals surface area contributed by atoms with Gasteiger partial charge in [0, 0.05) is 51.2 Å². The summed E-state index contributed by atoms with van der Waals surface area (Å²) >= 11 is 0. The third kappa shape index (κ3) is 4.51. The highest BCUT2D eigenvalue weighted by molar-refractivity contribution is 5.33. The molecule has 0 bridgehead atoms. The van der Waals surface area contributed by atoms with E-state index in [1.54, 1.807) is 7.11 Å². The number of aromatic nitrogens is 2. The topological polar surface area (TPSA) is 48.8 Å². The molecule has 2 aromatic rings. The van der Waals surface area contributed by atoms with Crippen LogP contribution < -0.4 is 4.74 Å². The first-order valence-corrected chi connectivity index (χ1v) is 9.84. The van der Waals surface area contributed by atoms with E-state index < -0.39 is 0 Å². The minimum Gasteiger partial charge on any atom is -0.496 e. The molecule has 2 aliphatic heterocycles. The fraction of sp³-hybridized carbons (Fsp3) is 0.571. The maximum atomic E-state index is 6.13. The molecule has 1 aromatic heterocycles. The van der Waals surface area contributed by atoms with Crippen LogP contribution >= 0.6 is 0 Å². The molecule has 2 aliphatic rings. The van der Waals surface area contributed by atoms with Gasteiger partial charge < -0.3 is 18.8 Å². The molecule has 1 atom stereocenters. The Hall–Kier alpha value is -1.89. The first-order valence-electron chi connectivity index (χ1n) is 9.84. The summed E-state index contributed by atoms with van der Waals surface area (Å²) in [6, 6.07) is 8.55. The molecule has 3 heterocycles. The van der Waals surface area contributed by atoms with Crippen molar-refractivity contribution in [3.05, 3.63) is 48.0 Å². The normalized spacial score (nSPS) is 21.1. The van der Waals surface area contributed by atoms with Crippen molar-refractivity contribution < 1.29 is 14.2 Å². The monoisotopic (exact) mass is 371 g/mol. The van der Waals surface area contributed by atoms with Crippen LogP contribution in [0.5, 0.6) is 5.75 Å². The minimum atomic E-state index is 0.297. The van der Waals surface area contributed by atoms with Crippen molar-refractivity contribution in [3.8, 4) is 5.75 Å². The van der Waals surface area contributed by atoms with E-state index in [0.717, 1.165) is 64.7 Å². The molecular formula is C21H29N3O3. The van der Waals surface area contributed by atoms with Crippen LogP contribution in [0.4, 0.5) is 0 Å². The molecule has 6 nitrogen and oxygen atoms in total. The maximum Gasteiger partial charge on any atom is 0.123 e. The second kappa shape index (κ2) is 8.87. The van der Waals surface area contributed by atoms with Crippen LogP contribution in [0.2, 0.25) is 0 Å². The number of rotatable bonds is 7. The van der Waals surface area contributed by atoms with E-state index in [2.05, 4.69) is 26.6 Å². The van der Waals surface area contributed by atoms with E-state index in [0.29, 0.717) is 12.0 Å². The van der Waals surface area contributed by atoms with Gasteiger partial charge in [-0.3, -0.25) is 4.90 Å². The second-order valence-corrected chi connectivity index (χ2v) is 7.52. The van der Waals surface area contributed by atoms with Gasteiger partial charge in [0.25, 0.3) is 0 Å². The van der Waals surface area contributed by atoms with Crippen molar-refractivity contribution in [1.29, 1.82) is 0 Å². The van der Waals surface area contributed by atoms with Gasteiger partial charge in [-0.25, -0.2) is 4.98 Å². The standard InChI is InChI=1S/C21H29N3O3/c1-25-21-5-3-2-4-18(21)11-23-12-19-10-22-16-24(19)20(13-23)15-27-14-17-6-8-26-9-7-17/h2-5,10,16-17,20H,6-9,11-15H2,1H3/t20-/m0/s1. The van der Waals surface area contributed by atoms with E-state index in [1.807, 2.05) is 24.7 Å². The average molecular weight is 371 g/mol. The highest BCUT2D eigenvalue weighted by Crippen LogP contribution is 2.26. The molecule has 0 unspecified atom stereocenters. The van der Waals surface area contributed by atoms with Crippen LogP contribution in [-0.2, 0) is 22.6 Å². The number of fused-ring (bicyclic) bond motifs is 1. The SMILES string of the molecule is COc1ccccc1CN1Cc2cncn2[C@H](COCC2CCOCC2)C1. The second-order valence-electron chi connectivity index (χ2n) is 7.52. The van der Waals surface area contributed by atoms with Gasteiger partial charge in [0.1, 0.15) is 5.75 Å². The van der Waals surface area contributed by atoms with E-state index in [1.165, 1.54) is 11.3 Å². The molecule has 0 aliphatic carbocycles. The summed E-state index contributed by atoms with van der Waals surface area (Å²) in [6.07, 6.45) is 6.14. The highest BCUT2D eigenvalue weighted by Gasteiger charge is 2.26.